The van der Waals surface area contributed by atoms with Gasteiger partial charge < -0.3 is 15.2 Å². The fraction of sp³-hybridized carbons (Fsp3) is 0.350. The lowest BCUT2D eigenvalue weighted by Gasteiger charge is -2.19. The van der Waals surface area contributed by atoms with Gasteiger partial charge in [-0.05, 0) is 44.9 Å². The van der Waals surface area contributed by atoms with Crippen LogP contribution in [0.3, 0.4) is 0 Å². The van der Waals surface area contributed by atoms with Crippen molar-refractivity contribution in [1.82, 2.24) is 19.9 Å². The van der Waals surface area contributed by atoms with E-state index in [9.17, 15) is 9.18 Å². The molecule has 3 rings (SSSR count). The lowest BCUT2D eigenvalue weighted by atomic mass is 10.1. The van der Waals surface area contributed by atoms with Gasteiger partial charge in [-0.25, -0.2) is 18.7 Å². The summed E-state index contributed by atoms with van der Waals surface area (Å²) in [7, 11) is 0. The number of ether oxygens (including phenoxy) is 1. The van der Waals surface area contributed by atoms with E-state index in [1.807, 2.05) is 12.3 Å². The highest BCUT2D eigenvalue weighted by atomic mass is 19.1. The molecule has 0 fully saturated rings. The molecule has 0 aliphatic rings. The number of aliphatic hydroxyl groups is 1. The molecule has 0 unspecified atom stereocenters. The molecule has 7 nitrogen and oxygen atoms in total. The molecule has 1 amide bonds. The van der Waals surface area contributed by atoms with Crippen molar-refractivity contribution in [3.8, 4) is 11.3 Å². The van der Waals surface area contributed by atoms with Crippen molar-refractivity contribution >= 4 is 11.6 Å². The van der Waals surface area contributed by atoms with Crippen molar-refractivity contribution in [2.75, 3.05) is 6.61 Å². The van der Waals surface area contributed by atoms with E-state index < -0.39 is 17.5 Å². The van der Waals surface area contributed by atoms with Gasteiger partial charge in [0.15, 0.2) is 0 Å². The van der Waals surface area contributed by atoms with Crippen molar-refractivity contribution in [1.29, 1.82) is 0 Å². The summed E-state index contributed by atoms with van der Waals surface area (Å²) in [6, 6.07) is 6.61. The van der Waals surface area contributed by atoms with Crippen molar-refractivity contribution in [3.05, 3.63) is 53.7 Å². The maximum absolute atomic E-state index is 14.6. The Hall–Kier alpha value is -3.00. The van der Waals surface area contributed by atoms with E-state index >= 15 is 0 Å². The zero-order valence-corrected chi connectivity index (χ0v) is 16.1. The van der Waals surface area contributed by atoms with Crippen LogP contribution in [0.1, 0.15) is 31.9 Å². The molecule has 2 heterocycles. The highest BCUT2D eigenvalue weighted by Gasteiger charge is 2.17. The van der Waals surface area contributed by atoms with Gasteiger partial charge in [-0.15, -0.1) is 0 Å². The number of carbonyl (C=O) groups excluding carboxylic acids is 1. The van der Waals surface area contributed by atoms with Gasteiger partial charge in [0.2, 0.25) is 0 Å². The first-order valence-electron chi connectivity index (χ1n) is 8.95. The molecule has 0 bridgehead atoms. The lowest BCUT2D eigenvalue weighted by Crippen LogP contribution is -2.32. The molecule has 8 heteroatoms. The number of hydrogen-bond donors (Lipinski definition) is 2. The van der Waals surface area contributed by atoms with Crippen molar-refractivity contribution in [3.63, 3.8) is 0 Å². The molecule has 148 valence electrons. The number of alkyl carbamates (subject to hydrolysis) is 1. The third kappa shape index (κ3) is 4.64. The molecule has 2 N–H and O–H groups in total. The maximum atomic E-state index is 14.6. The average molecular weight is 386 g/mol. The Morgan fingerprint density at radius 3 is 2.79 bits per heavy atom. The Kier molecular flexibility index (Phi) is 5.60. The van der Waals surface area contributed by atoms with Crippen LogP contribution in [0.25, 0.3) is 16.8 Å². The summed E-state index contributed by atoms with van der Waals surface area (Å²) in [6.45, 7) is 5.34. The Bertz CT molecular complexity index is 995. The van der Waals surface area contributed by atoms with Gasteiger partial charge >= 0.3 is 6.09 Å². The smallest absolute Gasteiger partial charge is 0.407 e. The minimum absolute atomic E-state index is 0.0198. The average Bonchev–Trinajstić information content (AvgIpc) is 3.02. The lowest BCUT2D eigenvalue weighted by molar-refractivity contribution is 0.0523. The second-order valence-electron chi connectivity index (χ2n) is 7.42. The first kappa shape index (κ1) is 19.8. The van der Waals surface area contributed by atoms with Crippen LogP contribution >= 0.6 is 0 Å². The molecular weight excluding hydrogens is 363 g/mol. The standard InChI is InChI=1S/C20H23FN4O3/c1-20(2,3)28-19(27)22-10-15-5-4-14(9-16(15)21)18-17-8-13(6-7-26)11-25(17)24-12-23-18/h4-5,8-9,11-12,26H,6-7,10H2,1-3H3,(H,22,27). The highest BCUT2D eigenvalue weighted by Crippen LogP contribution is 2.25. The third-order valence-electron chi connectivity index (χ3n) is 4.01. The Morgan fingerprint density at radius 1 is 1.32 bits per heavy atom. The predicted molar refractivity (Wildman–Crippen MR) is 102 cm³/mol. The zero-order valence-electron chi connectivity index (χ0n) is 16.1. The zero-order chi connectivity index (χ0) is 20.3. The number of amides is 1. The number of nitrogens with one attached hydrogen (secondary N) is 1. The van der Waals surface area contributed by atoms with Crippen LogP contribution < -0.4 is 5.32 Å². The summed E-state index contributed by atoms with van der Waals surface area (Å²) in [5.74, 6) is -0.451. The second-order valence-corrected chi connectivity index (χ2v) is 7.42. The molecule has 3 aromatic rings. The van der Waals surface area contributed by atoms with Crippen LogP contribution in [-0.4, -0.2) is 38.0 Å². The van der Waals surface area contributed by atoms with E-state index in [1.54, 1.807) is 37.4 Å². The first-order valence-corrected chi connectivity index (χ1v) is 8.95. The number of aliphatic hydroxyl groups excluding tert-OH is 1. The fourth-order valence-corrected chi connectivity index (χ4v) is 2.79. The van der Waals surface area contributed by atoms with Gasteiger partial charge in [0.25, 0.3) is 0 Å². The van der Waals surface area contributed by atoms with Crippen molar-refractivity contribution in [2.24, 2.45) is 0 Å². The molecule has 1 aromatic carbocycles. The topological polar surface area (TPSA) is 88.8 Å². The van der Waals surface area contributed by atoms with E-state index in [4.69, 9.17) is 9.84 Å². The number of fused-ring (bicyclic) bond motifs is 1. The summed E-state index contributed by atoms with van der Waals surface area (Å²) in [5, 5.41) is 15.8. The minimum atomic E-state index is -0.614. The van der Waals surface area contributed by atoms with E-state index in [2.05, 4.69) is 15.4 Å². The first-order chi connectivity index (χ1) is 13.3. The molecule has 0 aliphatic heterocycles. The van der Waals surface area contributed by atoms with Crippen LogP contribution in [0.4, 0.5) is 9.18 Å². The maximum Gasteiger partial charge on any atom is 0.407 e. The number of benzene rings is 1. The predicted octanol–water partition coefficient (Wildman–Crippen LogP) is 3.09. The van der Waals surface area contributed by atoms with E-state index in [-0.39, 0.29) is 13.2 Å². The molecule has 0 atom stereocenters. The quantitative estimate of drug-likeness (QED) is 0.703. The van der Waals surface area contributed by atoms with Crippen molar-refractivity contribution in [2.45, 2.75) is 39.3 Å². The van der Waals surface area contributed by atoms with Crippen LogP contribution in [0.2, 0.25) is 0 Å². The number of rotatable bonds is 5. The van der Waals surface area contributed by atoms with Gasteiger partial charge in [-0.3, -0.25) is 0 Å². The summed E-state index contributed by atoms with van der Waals surface area (Å²) < 4.78 is 21.4. The van der Waals surface area contributed by atoms with Gasteiger partial charge in [0, 0.05) is 30.5 Å². The molecule has 0 aliphatic carbocycles. The largest absolute Gasteiger partial charge is 0.444 e. The van der Waals surface area contributed by atoms with E-state index in [0.717, 1.165) is 11.1 Å². The Morgan fingerprint density at radius 2 is 2.11 bits per heavy atom. The van der Waals surface area contributed by atoms with E-state index in [1.165, 1.54) is 12.4 Å². The highest BCUT2D eigenvalue weighted by molar-refractivity contribution is 5.77. The van der Waals surface area contributed by atoms with Gasteiger partial charge in [-0.1, -0.05) is 12.1 Å². The summed E-state index contributed by atoms with van der Waals surface area (Å²) in [5.41, 5.74) is 2.56. The van der Waals surface area contributed by atoms with Crippen LogP contribution in [0.5, 0.6) is 0 Å². The molecule has 0 radical (unpaired) electrons. The van der Waals surface area contributed by atoms with Gasteiger partial charge in [0.1, 0.15) is 17.7 Å². The SMILES string of the molecule is CC(C)(C)OC(=O)NCc1ccc(-c2ncnn3cc(CCO)cc23)cc1F. The minimum Gasteiger partial charge on any atom is -0.444 e. The fourth-order valence-electron chi connectivity index (χ4n) is 2.79. The number of hydrogen-bond acceptors (Lipinski definition) is 5. The number of halogens is 1. The number of aromatic nitrogens is 3. The van der Waals surface area contributed by atoms with Crippen LogP contribution in [0, 0.1) is 5.82 Å². The monoisotopic (exact) mass is 386 g/mol. The third-order valence-corrected chi connectivity index (χ3v) is 4.01. The summed E-state index contributed by atoms with van der Waals surface area (Å²) in [4.78, 5) is 16.0. The second kappa shape index (κ2) is 7.93. The summed E-state index contributed by atoms with van der Waals surface area (Å²) in [6.07, 6.45) is 3.12. The van der Waals surface area contributed by atoms with Crippen molar-refractivity contribution < 1.29 is 19.0 Å². The molecule has 0 spiro atoms. The van der Waals surface area contributed by atoms with Crippen LogP contribution in [0.15, 0.2) is 36.8 Å². The Labute approximate surface area is 162 Å². The van der Waals surface area contributed by atoms with E-state index in [0.29, 0.717) is 23.2 Å². The molecule has 0 saturated carbocycles. The normalized spacial score (nSPS) is 11.6. The molecule has 0 saturated heterocycles. The van der Waals surface area contributed by atoms with Gasteiger partial charge in [0.05, 0.1) is 11.2 Å². The number of carbonyl (C=O) groups is 1. The molecular formula is C20H23FN4O3. The molecule has 28 heavy (non-hydrogen) atoms. The number of nitrogens with zero attached hydrogens (tertiary/aromatic N) is 3. The summed E-state index contributed by atoms with van der Waals surface area (Å²) >= 11 is 0. The van der Waals surface area contributed by atoms with Crippen LogP contribution in [-0.2, 0) is 17.7 Å². The Balaban J connectivity index is 1.81. The molecule has 2 aromatic heterocycles. The van der Waals surface area contributed by atoms with Gasteiger partial charge in [-0.2, -0.15) is 5.10 Å².